The van der Waals surface area contributed by atoms with Crippen molar-refractivity contribution in [2.75, 3.05) is 26.3 Å². The average molecular weight is 459 g/mol. The van der Waals surface area contributed by atoms with Gasteiger partial charge in [0.25, 0.3) is 0 Å². The number of carbonyl (C=O) groups excluding carboxylic acids is 2. The van der Waals surface area contributed by atoms with E-state index in [4.69, 9.17) is 14.3 Å². The van der Waals surface area contributed by atoms with Gasteiger partial charge in [-0.05, 0) is 89.0 Å². The number of benzene rings is 1. The van der Waals surface area contributed by atoms with Crippen LogP contribution in [0.5, 0.6) is 5.75 Å². The van der Waals surface area contributed by atoms with Crippen molar-refractivity contribution in [2.24, 2.45) is 11.8 Å². The summed E-state index contributed by atoms with van der Waals surface area (Å²) in [7, 11) is 0. The SMILES string of the molecule is CCONC(=O)C1CC=C(c2ccc(OCC3CCN(C(=O)OC(C)(C)C)CC3)cc2)CC1. The third kappa shape index (κ3) is 7.77. The van der Waals surface area contributed by atoms with Crippen molar-refractivity contribution < 1.29 is 23.9 Å². The van der Waals surface area contributed by atoms with Gasteiger partial charge in [-0.2, -0.15) is 0 Å². The first-order valence-corrected chi connectivity index (χ1v) is 12.1. The van der Waals surface area contributed by atoms with Gasteiger partial charge in [-0.15, -0.1) is 0 Å². The summed E-state index contributed by atoms with van der Waals surface area (Å²) in [6, 6.07) is 8.21. The maximum absolute atomic E-state index is 12.2. The first-order valence-electron chi connectivity index (χ1n) is 12.1. The van der Waals surface area contributed by atoms with Gasteiger partial charge < -0.3 is 14.4 Å². The number of carbonyl (C=O) groups is 2. The number of piperidine rings is 1. The van der Waals surface area contributed by atoms with Crippen LogP contribution in [-0.2, 0) is 14.4 Å². The van der Waals surface area contributed by atoms with Crippen LogP contribution < -0.4 is 10.2 Å². The van der Waals surface area contributed by atoms with Gasteiger partial charge in [0.05, 0.1) is 13.2 Å². The van der Waals surface area contributed by atoms with E-state index in [1.807, 2.05) is 39.8 Å². The van der Waals surface area contributed by atoms with Gasteiger partial charge in [0.15, 0.2) is 0 Å². The summed E-state index contributed by atoms with van der Waals surface area (Å²) in [6.07, 6.45) is 6.20. The fraction of sp³-hybridized carbons (Fsp3) is 0.615. The standard InChI is InChI=1S/C26H38N2O5/c1-5-32-27-24(29)22-8-6-20(7-9-22)21-10-12-23(13-11-21)31-18-19-14-16-28(17-15-19)25(30)33-26(2,3)4/h6,10-13,19,22H,5,7-9,14-18H2,1-4H3,(H,27,29). The highest BCUT2D eigenvalue weighted by Crippen LogP contribution is 2.31. The zero-order chi connectivity index (χ0) is 23.8. The largest absolute Gasteiger partial charge is 0.493 e. The molecular weight excluding hydrogens is 420 g/mol. The van der Waals surface area contributed by atoms with Crippen molar-refractivity contribution in [1.82, 2.24) is 10.4 Å². The second-order valence-corrected chi connectivity index (χ2v) is 9.85. The summed E-state index contributed by atoms with van der Waals surface area (Å²) < 4.78 is 11.5. The third-order valence-corrected chi connectivity index (χ3v) is 6.08. The predicted molar refractivity (Wildman–Crippen MR) is 128 cm³/mol. The fourth-order valence-electron chi connectivity index (χ4n) is 4.15. The van der Waals surface area contributed by atoms with E-state index in [2.05, 4.69) is 23.7 Å². The molecule has 2 amide bonds. The van der Waals surface area contributed by atoms with Gasteiger partial charge in [0.1, 0.15) is 11.4 Å². The van der Waals surface area contributed by atoms with Crippen LogP contribution in [0.25, 0.3) is 5.57 Å². The highest BCUT2D eigenvalue weighted by Gasteiger charge is 2.27. The quantitative estimate of drug-likeness (QED) is 0.584. The molecule has 2 aliphatic rings. The molecule has 33 heavy (non-hydrogen) atoms. The van der Waals surface area contributed by atoms with Crippen LogP contribution in [-0.4, -0.2) is 48.8 Å². The highest BCUT2D eigenvalue weighted by atomic mass is 16.6. The molecule has 1 N–H and O–H groups in total. The van der Waals surface area contributed by atoms with Crippen LogP contribution >= 0.6 is 0 Å². The van der Waals surface area contributed by atoms with Crippen LogP contribution in [0, 0.1) is 11.8 Å². The third-order valence-electron chi connectivity index (χ3n) is 6.08. The van der Waals surface area contributed by atoms with Gasteiger partial charge >= 0.3 is 6.09 Å². The normalized spacial score (nSPS) is 19.6. The zero-order valence-electron chi connectivity index (χ0n) is 20.4. The van der Waals surface area contributed by atoms with Gasteiger partial charge in [0.2, 0.25) is 5.91 Å². The Kier molecular flexibility index (Phi) is 8.78. The summed E-state index contributed by atoms with van der Waals surface area (Å²) in [5.74, 6) is 1.24. The Morgan fingerprint density at radius 1 is 1.09 bits per heavy atom. The monoisotopic (exact) mass is 458 g/mol. The summed E-state index contributed by atoms with van der Waals surface area (Å²) in [5.41, 5.74) is 4.50. The molecule has 1 aliphatic heterocycles. The Morgan fingerprint density at radius 2 is 1.79 bits per heavy atom. The van der Waals surface area contributed by atoms with E-state index in [1.165, 1.54) is 11.1 Å². The Morgan fingerprint density at radius 3 is 2.36 bits per heavy atom. The molecule has 3 rings (SSSR count). The molecule has 1 aliphatic carbocycles. The molecule has 1 saturated heterocycles. The van der Waals surface area contributed by atoms with Gasteiger partial charge in [0, 0.05) is 19.0 Å². The summed E-state index contributed by atoms with van der Waals surface area (Å²) >= 11 is 0. The second kappa shape index (κ2) is 11.5. The molecule has 0 aromatic heterocycles. The maximum Gasteiger partial charge on any atom is 0.410 e. The van der Waals surface area contributed by atoms with Crippen molar-refractivity contribution >= 4 is 17.6 Å². The molecule has 0 radical (unpaired) electrons. The lowest BCUT2D eigenvalue weighted by Crippen LogP contribution is -2.42. The number of nitrogens with zero attached hydrogens (tertiary/aromatic N) is 1. The first kappa shape index (κ1) is 25.1. The molecule has 182 valence electrons. The molecule has 1 unspecified atom stereocenters. The van der Waals surface area contributed by atoms with Gasteiger partial charge in [-0.25, -0.2) is 10.3 Å². The van der Waals surface area contributed by atoms with Crippen LogP contribution in [0.3, 0.4) is 0 Å². The van der Waals surface area contributed by atoms with Gasteiger partial charge in [-0.3, -0.25) is 9.63 Å². The summed E-state index contributed by atoms with van der Waals surface area (Å²) in [6.45, 7) is 10.1. The molecule has 1 fully saturated rings. The maximum atomic E-state index is 12.2. The first-order chi connectivity index (χ1) is 15.7. The van der Waals surface area contributed by atoms with Crippen LogP contribution in [0.1, 0.15) is 65.4 Å². The number of hydrogen-bond acceptors (Lipinski definition) is 5. The highest BCUT2D eigenvalue weighted by molar-refractivity contribution is 5.79. The fourth-order valence-corrected chi connectivity index (χ4v) is 4.15. The van der Waals surface area contributed by atoms with Crippen molar-refractivity contribution in [3.63, 3.8) is 0 Å². The van der Waals surface area contributed by atoms with Crippen LogP contribution in [0.2, 0.25) is 0 Å². The Balaban J connectivity index is 1.41. The Bertz CT molecular complexity index is 820. The lowest BCUT2D eigenvalue weighted by atomic mass is 9.86. The lowest BCUT2D eigenvalue weighted by Gasteiger charge is -2.33. The van der Waals surface area contributed by atoms with Crippen LogP contribution in [0.4, 0.5) is 4.79 Å². The topological polar surface area (TPSA) is 77.1 Å². The van der Waals surface area contributed by atoms with E-state index >= 15 is 0 Å². The van der Waals surface area contributed by atoms with E-state index < -0.39 is 5.60 Å². The minimum absolute atomic E-state index is 0.0235. The van der Waals surface area contributed by atoms with Crippen molar-refractivity contribution in [3.8, 4) is 5.75 Å². The molecule has 0 saturated carbocycles. The molecule has 1 atom stereocenters. The molecule has 7 nitrogen and oxygen atoms in total. The van der Waals surface area contributed by atoms with Crippen molar-refractivity contribution in [1.29, 1.82) is 0 Å². The predicted octanol–water partition coefficient (Wildman–Crippen LogP) is 4.96. The van der Waals surface area contributed by atoms with E-state index in [1.54, 1.807) is 4.90 Å². The second-order valence-electron chi connectivity index (χ2n) is 9.85. The number of nitrogens with one attached hydrogen (secondary N) is 1. The number of hydrogen-bond donors (Lipinski definition) is 1. The minimum atomic E-state index is -0.461. The van der Waals surface area contributed by atoms with Crippen LogP contribution in [0.15, 0.2) is 30.3 Å². The summed E-state index contributed by atoms with van der Waals surface area (Å²) in [4.78, 5) is 31.1. The zero-order valence-corrected chi connectivity index (χ0v) is 20.4. The Labute approximate surface area is 197 Å². The van der Waals surface area contributed by atoms with E-state index in [0.717, 1.165) is 37.9 Å². The minimum Gasteiger partial charge on any atom is -0.493 e. The average Bonchev–Trinajstić information content (AvgIpc) is 2.81. The molecule has 7 heteroatoms. The molecule has 0 bridgehead atoms. The number of rotatable bonds is 7. The molecule has 1 heterocycles. The smallest absolute Gasteiger partial charge is 0.410 e. The number of amides is 2. The Hall–Kier alpha value is -2.54. The van der Waals surface area contributed by atoms with E-state index in [9.17, 15) is 9.59 Å². The number of hydroxylamine groups is 1. The number of ether oxygens (including phenoxy) is 2. The molecule has 1 aromatic carbocycles. The summed E-state index contributed by atoms with van der Waals surface area (Å²) in [5, 5.41) is 0. The van der Waals surface area contributed by atoms with E-state index in [-0.39, 0.29) is 17.9 Å². The van der Waals surface area contributed by atoms with Crippen molar-refractivity contribution in [3.05, 3.63) is 35.9 Å². The van der Waals surface area contributed by atoms with Crippen molar-refractivity contribution in [2.45, 2.75) is 65.4 Å². The number of likely N-dealkylation sites (tertiary alicyclic amines) is 1. The van der Waals surface area contributed by atoms with E-state index in [0.29, 0.717) is 32.2 Å². The molecular formula is C26H38N2O5. The lowest BCUT2D eigenvalue weighted by molar-refractivity contribution is -0.137. The van der Waals surface area contributed by atoms with Gasteiger partial charge in [-0.1, -0.05) is 18.2 Å². The molecule has 0 spiro atoms. The molecule has 1 aromatic rings. The number of allylic oxidation sites excluding steroid dienone is 2.